The van der Waals surface area contributed by atoms with Crippen LogP contribution >= 0.6 is 0 Å². The summed E-state index contributed by atoms with van der Waals surface area (Å²) in [6.07, 6.45) is -3.69. The second-order valence-corrected chi connectivity index (χ2v) is 5.71. The van der Waals surface area contributed by atoms with Gasteiger partial charge in [0.1, 0.15) is 0 Å². The van der Waals surface area contributed by atoms with Gasteiger partial charge in [0.05, 0.1) is 12.2 Å². The summed E-state index contributed by atoms with van der Waals surface area (Å²) in [6, 6.07) is 5.54. The first kappa shape index (κ1) is 17.0. The zero-order valence-corrected chi connectivity index (χ0v) is 12.2. The number of methoxy groups -OCH3 is 1. The zero-order valence-electron chi connectivity index (χ0n) is 12.2. The van der Waals surface area contributed by atoms with Crippen molar-refractivity contribution in [2.75, 3.05) is 26.8 Å². The fourth-order valence-electron chi connectivity index (χ4n) is 2.07. The van der Waals surface area contributed by atoms with E-state index in [1.807, 2.05) is 13.8 Å². The van der Waals surface area contributed by atoms with E-state index in [1.165, 1.54) is 12.1 Å². The summed E-state index contributed by atoms with van der Waals surface area (Å²) in [4.78, 5) is 0. The lowest BCUT2D eigenvalue weighted by Gasteiger charge is -2.25. The molecule has 1 N–H and O–H groups in total. The predicted molar refractivity (Wildman–Crippen MR) is 73.7 cm³/mol. The van der Waals surface area contributed by atoms with Crippen molar-refractivity contribution in [3.8, 4) is 0 Å². The van der Waals surface area contributed by atoms with Crippen molar-refractivity contribution in [2.45, 2.75) is 26.4 Å². The van der Waals surface area contributed by atoms with Gasteiger partial charge < -0.3 is 10.1 Å². The van der Waals surface area contributed by atoms with E-state index in [2.05, 4.69) is 5.32 Å². The van der Waals surface area contributed by atoms with Crippen LogP contribution < -0.4 is 5.32 Å². The average molecular weight is 289 g/mol. The highest BCUT2D eigenvalue weighted by atomic mass is 19.4. The SMILES string of the molecule is COCCNCC(C)(C)Cc1cccc(C(F)(F)F)c1. The first-order valence-electron chi connectivity index (χ1n) is 6.60. The number of benzene rings is 1. The number of rotatable bonds is 7. The molecule has 0 unspecified atom stereocenters. The maximum atomic E-state index is 12.7. The van der Waals surface area contributed by atoms with Crippen LogP contribution in [0.5, 0.6) is 0 Å². The summed E-state index contributed by atoms with van der Waals surface area (Å²) in [7, 11) is 1.63. The van der Waals surface area contributed by atoms with E-state index in [0.29, 0.717) is 18.6 Å². The van der Waals surface area contributed by atoms with E-state index in [-0.39, 0.29) is 5.41 Å². The van der Waals surface area contributed by atoms with Crippen LogP contribution in [0.25, 0.3) is 0 Å². The van der Waals surface area contributed by atoms with Crippen LogP contribution in [0.15, 0.2) is 24.3 Å². The van der Waals surface area contributed by atoms with Crippen LogP contribution in [0.2, 0.25) is 0 Å². The van der Waals surface area contributed by atoms with Gasteiger partial charge in [-0.05, 0) is 23.5 Å². The van der Waals surface area contributed by atoms with Gasteiger partial charge in [0.2, 0.25) is 0 Å². The molecular formula is C15H22F3NO. The number of hydrogen-bond acceptors (Lipinski definition) is 2. The molecule has 5 heteroatoms. The minimum Gasteiger partial charge on any atom is -0.383 e. The van der Waals surface area contributed by atoms with Gasteiger partial charge in [0, 0.05) is 20.2 Å². The monoisotopic (exact) mass is 289 g/mol. The zero-order chi connectivity index (χ0) is 15.2. The maximum absolute atomic E-state index is 12.7. The Bertz CT molecular complexity index is 416. The summed E-state index contributed by atoms with van der Waals surface area (Å²) >= 11 is 0. The number of hydrogen-bond donors (Lipinski definition) is 1. The van der Waals surface area contributed by atoms with Gasteiger partial charge in [-0.3, -0.25) is 0 Å². The van der Waals surface area contributed by atoms with Crippen LogP contribution in [0.3, 0.4) is 0 Å². The first-order chi connectivity index (χ1) is 9.24. The Balaban J connectivity index is 2.62. The molecule has 0 aliphatic carbocycles. The molecule has 2 nitrogen and oxygen atoms in total. The normalized spacial score (nSPS) is 12.7. The Morgan fingerprint density at radius 2 is 1.90 bits per heavy atom. The number of alkyl halides is 3. The van der Waals surface area contributed by atoms with Gasteiger partial charge in [0.25, 0.3) is 0 Å². The predicted octanol–water partition coefficient (Wildman–Crippen LogP) is 3.51. The molecule has 1 aromatic rings. The van der Waals surface area contributed by atoms with Crippen LogP contribution in [-0.4, -0.2) is 26.8 Å². The van der Waals surface area contributed by atoms with Gasteiger partial charge in [-0.1, -0.05) is 32.0 Å². The number of nitrogens with one attached hydrogen (secondary N) is 1. The summed E-state index contributed by atoms with van der Waals surface area (Å²) < 4.78 is 42.9. The number of ether oxygens (including phenoxy) is 1. The van der Waals surface area contributed by atoms with Crippen LogP contribution in [-0.2, 0) is 17.3 Å². The smallest absolute Gasteiger partial charge is 0.383 e. The molecule has 0 aliphatic rings. The van der Waals surface area contributed by atoms with Crippen LogP contribution in [0, 0.1) is 5.41 Å². The van der Waals surface area contributed by atoms with E-state index < -0.39 is 11.7 Å². The Kier molecular flexibility index (Phi) is 6.02. The highest BCUT2D eigenvalue weighted by Gasteiger charge is 2.30. The van der Waals surface area contributed by atoms with Crippen molar-refractivity contribution >= 4 is 0 Å². The van der Waals surface area contributed by atoms with Crippen molar-refractivity contribution in [1.29, 1.82) is 0 Å². The Hall–Kier alpha value is -1.07. The van der Waals surface area contributed by atoms with E-state index in [4.69, 9.17) is 4.74 Å². The summed E-state index contributed by atoms with van der Waals surface area (Å²) in [5, 5.41) is 3.24. The third kappa shape index (κ3) is 5.92. The second kappa shape index (κ2) is 7.09. The van der Waals surface area contributed by atoms with E-state index in [1.54, 1.807) is 13.2 Å². The summed E-state index contributed by atoms with van der Waals surface area (Å²) in [5.74, 6) is 0. The molecule has 0 bridgehead atoms. The molecule has 0 atom stereocenters. The van der Waals surface area contributed by atoms with Gasteiger partial charge in [-0.25, -0.2) is 0 Å². The molecule has 0 radical (unpaired) electrons. The third-order valence-corrected chi connectivity index (χ3v) is 3.02. The molecule has 0 heterocycles. The lowest BCUT2D eigenvalue weighted by molar-refractivity contribution is -0.137. The Labute approximate surface area is 118 Å². The van der Waals surface area contributed by atoms with Crippen molar-refractivity contribution in [3.05, 3.63) is 35.4 Å². The molecule has 0 saturated heterocycles. The third-order valence-electron chi connectivity index (χ3n) is 3.02. The highest BCUT2D eigenvalue weighted by molar-refractivity contribution is 5.26. The van der Waals surface area contributed by atoms with E-state index in [0.717, 1.165) is 19.2 Å². The topological polar surface area (TPSA) is 21.3 Å². The molecule has 20 heavy (non-hydrogen) atoms. The Morgan fingerprint density at radius 3 is 2.50 bits per heavy atom. The molecule has 1 rings (SSSR count). The van der Waals surface area contributed by atoms with Gasteiger partial charge in [-0.2, -0.15) is 13.2 Å². The summed E-state index contributed by atoms with van der Waals surface area (Å²) in [6.45, 7) is 6.16. The van der Waals surface area contributed by atoms with E-state index in [9.17, 15) is 13.2 Å². The highest BCUT2D eigenvalue weighted by Crippen LogP contribution is 2.31. The molecule has 0 aromatic heterocycles. The van der Waals surface area contributed by atoms with Crippen molar-refractivity contribution in [1.82, 2.24) is 5.32 Å². The Morgan fingerprint density at radius 1 is 1.20 bits per heavy atom. The molecule has 1 aromatic carbocycles. The fraction of sp³-hybridized carbons (Fsp3) is 0.600. The molecule has 0 aliphatic heterocycles. The molecular weight excluding hydrogens is 267 g/mol. The quantitative estimate of drug-likeness (QED) is 0.776. The molecule has 114 valence electrons. The van der Waals surface area contributed by atoms with Gasteiger partial charge in [0.15, 0.2) is 0 Å². The fourth-order valence-corrected chi connectivity index (χ4v) is 2.07. The molecule has 0 fully saturated rings. The first-order valence-corrected chi connectivity index (χ1v) is 6.60. The minimum atomic E-state index is -4.28. The standard InChI is InChI=1S/C15H22F3NO/c1-14(2,11-19-7-8-20-3)10-12-5-4-6-13(9-12)15(16,17)18/h4-6,9,19H,7-8,10-11H2,1-3H3. The van der Waals surface area contributed by atoms with Gasteiger partial charge >= 0.3 is 6.18 Å². The summed E-state index contributed by atoms with van der Waals surface area (Å²) in [5.41, 5.74) is 0.00864. The van der Waals surface area contributed by atoms with Crippen LogP contribution in [0.1, 0.15) is 25.0 Å². The lowest BCUT2D eigenvalue weighted by atomic mass is 9.85. The average Bonchev–Trinajstić information content (AvgIpc) is 2.33. The second-order valence-electron chi connectivity index (χ2n) is 5.71. The molecule has 0 spiro atoms. The number of halogens is 3. The lowest BCUT2D eigenvalue weighted by Crippen LogP contribution is -2.33. The van der Waals surface area contributed by atoms with E-state index >= 15 is 0 Å². The van der Waals surface area contributed by atoms with Gasteiger partial charge in [-0.15, -0.1) is 0 Å². The largest absolute Gasteiger partial charge is 0.416 e. The minimum absolute atomic E-state index is 0.113. The van der Waals surface area contributed by atoms with Crippen LogP contribution in [0.4, 0.5) is 13.2 Å². The molecule has 0 amide bonds. The van der Waals surface area contributed by atoms with Crippen molar-refractivity contribution < 1.29 is 17.9 Å². The maximum Gasteiger partial charge on any atom is 0.416 e. The van der Waals surface area contributed by atoms with Crippen molar-refractivity contribution in [2.24, 2.45) is 5.41 Å². The van der Waals surface area contributed by atoms with Crippen molar-refractivity contribution in [3.63, 3.8) is 0 Å². The molecule has 0 saturated carbocycles.